The lowest BCUT2D eigenvalue weighted by Gasteiger charge is -2.04. The molecule has 5 nitrogen and oxygen atoms in total. The highest BCUT2D eigenvalue weighted by atomic mass is 32.1. The fourth-order valence-electron chi connectivity index (χ4n) is 1.76. The quantitative estimate of drug-likeness (QED) is 0.905. The zero-order chi connectivity index (χ0) is 14.7. The molecule has 2 heterocycles. The molecule has 0 atom stereocenters. The molecule has 2 rings (SSSR count). The molecule has 0 aliphatic rings. The van der Waals surface area contributed by atoms with E-state index in [1.165, 1.54) is 11.3 Å². The van der Waals surface area contributed by atoms with Gasteiger partial charge in [-0.3, -0.25) is 9.78 Å². The number of aryl methyl sites for hydroxylation is 1. The van der Waals surface area contributed by atoms with Crippen LogP contribution in [0.2, 0.25) is 0 Å². The van der Waals surface area contributed by atoms with Crippen molar-refractivity contribution in [3.8, 4) is 6.07 Å². The Balaban J connectivity index is 2.28. The molecule has 20 heavy (non-hydrogen) atoms. The van der Waals surface area contributed by atoms with Crippen LogP contribution in [0.5, 0.6) is 0 Å². The summed E-state index contributed by atoms with van der Waals surface area (Å²) in [6.07, 6.45) is 1.55. The van der Waals surface area contributed by atoms with Gasteiger partial charge in [0.25, 0.3) is 5.91 Å². The smallest absolute Gasteiger partial charge is 0.256 e. The van der Waals surface area contributed by atoms with Gasteiger partial charge in [-0.15, -0.1) is 11.3 Å². The molecule has 102 valence electrons. The fourth-order valence-corrected chi connectivity index (χ4v) is 2.76. The predicted octanol–water partition coefficient (Wildman–Crippen LogP) is 2.34. The highest BCUT2D eigenvalue weighted by Gasteiger charge is 2.15. The number of nitrogens with two attached hydrogens (primary N) is 1. The van der Waals surface area contributed by atoms with E-state index in [1.807, 2.05) is 13.8 Å². The van der Waals surface area contributed by atoms with Crippen LogP contribution in [0.15, 0.2) is 18.3 Å². The number of thiophene rings is 1. The number of pyridine rings is 1. The standard InChI is InChI=1S/C14H14N4OS/c1-8-9(2)20-14(12(8)7-16)18-13(19)10-3-4-17-11(5-10)6-15/h3-5H,6,15H2,1-2H3,(H,18,19). The van der Waals surface area contributed by atoms with Crippen molar-refractivity contribution in [3.05, 3.63) is 45.6 Å². The van der Waals surface area contributed by atoms with Gasteiger partial charge in [-0.1, -0.05) is 0 Å². The van der Waals surface area contributed by atoms with Crippen LogP contribution < -0.4 is 11.1 Å². The highest BCUT2D eigenvalue weighted by Crippen LogP contribution is 2.31. The molecule has 0 aromatic carbocycles. The van der Waals surface area contributed by atoms with Crippen LogP contribution >= 0.6 is 11.3 Å². The van der Waals surface area contributed by atoms with Gasteiger partial charge >= 0.3 is 0 Å². The number of anilines is 1. The summed E-state index contributed by atoms with van der Waals surface area (Å²) in [6, 6.07) is 5.39. The van der Waals surface area contributed by atoms with Crippen LogP contribution in [0.3, 0.4) is 0 Å². The third-order valence-electron chi connectivity index (χ3n) is 3.01. The molecule has 0 saturated heterocycles. The number of aromatic nitrogens is 1. The van der Waals surface area contributed by atoms with E-state index in [-0.39, 0.29) is 12.5 Å². The minimum atomic E-state index is -0.264. The second-order valence-corrected chi connectivity index (χ2v) is 5.52. The van der Waals surface area contributed by atoms with Gasteiger partial charge < -0.3 is 11.1 Å². The monoisotopic (exact) mass is 286 g/mol. The van der Waals surface area contributed by atoms with Crippen LogP contribution in [0.4, 0.5) is 5.00 Å². The first-order valence-electron chi connectivity index (χ1n) is 6.03. The predicted molar refractivity (Wildman–Crippen MR) is 78.6 cm³/mol. The Hall–Kier alpha value is -2.23. The third kappa shape index (κ3) is 2.69. The Kier molecular flexibility index (Phi) is 4.13. The molecular formula is C14H14N4OS. The molecule has 0 spiro atoms. The van der Waals surface area contributed by atoms with Crippen molar-refractivity contribution >= 4 is 22.2 Å². The lowest BCUT2D eigenvalue weighted by Crippen LogP contribution is -2.13. The minimum Gasteiger partial charge on any atom is -0.325 e. The van der Waals surface area contributed by atoms with Crippen molar-refractivity contribution in [3.63, 3.8) is 0 Å². The topological polar surface area (TPSA) is 91.8 Å². The van der Waals surface area contributed by atoms with E-state index in [2.05, 4.69) is 16.4 Å². The van der Waals surface area contributed by atoms with E-state index in [1.54, 1.807) is 18.3 Å². The Morgan fingerprint density at radius 1 is 1.55 bits per heavy atom. The number of nitrogens with one attached hydrogen (secondary N) is 1. The SMILES string of the molecule is Cc1sc(NC(=O)c2ccnc(CN)c2)c(C#N)c1C. The summed E-state index contributed by atoms with van der Waals surface area (Å²) >= 11 is 1.40. The van der Waals surface area contributed by atoms with E-state index in [9.17, 15) is 4.79 Å². The van der Waals surface area contributed by atoms with Gasteiger partial charge in [-0.25, -0.2) is 0 Å². The largest absolute Gasteiger partial charge is 0.325 e. The van der Waals surface area contributed by atoms with Crippen molar-refractivity contribution in [1.29, 1.82) is 5.26 Å². The number of carbonyl (C=O) groups is 1. The molecule has 2 aromatic rings. The van der Waals surface area contributed by atoms with Gasteiger partial charge in [-0.2, -0.15) is 5.26 Å². The highest BCUT2D eigenvalue weighted by molar-refractivity contribution is 7.16. The maximum atomic E-state index is 12.2. The van der Waals surface area contributed by atoms with Crippen molar-refractivity contribution in [2.24, 2.45) is 5.73 Å². The number of hydrogen-bond acceptors (Lipinski definition) is 5. The molecular weight excluding hydrogens is 272 g/mol. The lowest BCUT2D eigenvalue weighted by atomic mass is 10.2. The van der Waals surface area contributed by atoms with Crippen molar-refractivity contribution in [2.75, 3.05) is 5.32 Å². The van der Waals surface area contributed by atoms with E-state index < -0.39 is 0 Å². The second-order valence-electron chi connectivity index (χ2n) is 4.29. The number of carbonyl (C=O) groups excluding carboxylic acids is 1. The average Bonchev–Trinajstić information content (AvgIpc) is 2.73. The number of nitrogens with zero attached hydrogens (tertiary/aromatic N) is 2. The Labute approximate surface area is 121 Å². The van der Waals surface area contributed by atoms with Gasteiger partial charge in [0.05, 0.1) is 11.3 Å². The summed E-state index contributed by atoms with van der Waals surface area (Å²) in [5.74, 6) is -0.264. The van der Waals surface area contributed by atoms with Gasteiger partial charge in [0, 0.05) is 23.2 Å². The van der Waals surface area contributed by atoms with E-state index >= 15 is 0 Å². The molecule has 3 N–H and O–H groups in total. The first-order valence-corrected chi connectivity index (χ1v) is 6.85. The van der Waals surface area contributed by atoms with Crippen LogP contribution in [0, 0.1) is 25.2 Å². The summed E-state index contributed by atoms with van der Waals surface area (Å²) in [6.45, 7) is 4.08. The summed E-state index contributed by atoms with van der Waals surface area (Å²) in [7, 11) is 0. The molecule has 2 aromatic heterocycles. The number of amides is 1. The number of nitriles is 1. The summed E-state index contributed by atoms with van der Waals surface area (Å²) in [5.41, 5.74) is 8.06. The van der Waals surface area contributed by atoms with Gasteiger partial charge in [0.2, 0.25) is 0 Å². The van der Waals surface area contributed by atoms with Crippen LogP contribution in [-0.4, -0.2) is 10.9 Å². The van der Waals surface area contributed by atoms with Crippen molar-refractivity contribution in [1.82, 2.24) is 4.98 Å². The van der Waals surface area contributed by atoms with Gasteiger partial charge in [0.15, 0.2) is 0 Å². The minimum absolute atomic E-state index is 0.264. The molecule has 0 radical (unpaired) electrons. The summed E-state index contributed by atoms with van der Waals surface area (Å²) in [4.78, 5) is 17.3. The number of hydrogen-bond donors (Lipinski definition) is 2. The van der Waals surface area contributed by atoms with Crippen LogP contribution in [0.25, 0.3) is 0 Å². The fraction of sp³-hybridized carbons (Fsp3) is 0.214. The second kappa shape index (κ2) is 5.82. The molecule has 0 fully saturated rings. The van der Waals surface area contributed by atoms with Crippen molar-refractivity contribution < 1.29 is 4.79 Å². The van der Waals surface area contributed by atoms with E-state index in [4.69, 9.17) is 11.0 Å². The van der Waals surface area contributed by atoms with E-state index in [0.717, 1.165) is 10.4 Å². The van der Waals surface area contributed by atoms with Crippen LogP contribution in [-0.2, 0) is 6.54 Å². The first-order chi connectivity index (χ1) is 9.56. The maximum absolute atomic E-state index is 12.2. The van der Waals surface area contributed by atoms with E-state index in [0.29, 0.717) is 21.8 Å². The third-order valence-corrected chi connectivity index (χ3v) is 4.13. The molecule has 0 aliphatic heterocycles. The van der Waals surface area contributed by atoms with Gasteiger partial charge in [-0.05, 0) is 31.5 Å². The zero-order valence-electron chi connectivity index (χ0n) is 11.2. The average molecular weight is 286 g/mol. The maximum Gasteiger partial charge on any atom is 0.256 e. The Bertz CT molecular complexity index is 700. The first kappa shape index (κ1) is 14.2. The molecule has 0 unspecified atom stereocenters. The Morgan fingerprint density at radius 3 is 2.95 bits per heavy atom. The summed E-state index contributed by atoms with van der Waals surface area (Å²) in [5, 5.41) is 12.5. The zero-order valence-corrected chi connectivity index (χ0v) is 12.0. The van der Waals surface area contributed by atoms with Gasteiger partial charge in [0.1, 0.15) is 11.1 Å². The molecule has 1 amide bonds. The Morgan fingerprint density at radius 2 is 2.30 bits per heavy atom. The van der Waals surface area contributed by atoms with Crippen LogP contribution in [0.1, 0.15) is 32.1 Å². The van der Waals surface area contributed by atoms with Crippen molar-refractivity contribution in [2.45, 2.75) is 20.4 Å². The summed E-state index contributed by atoms with van der Waals surface area (Å²) < 4.78 is 0. The normalized spacial score (nSPS) is 10.1. The lowest BCUT2D eigenvalue weighted by molar-refractivity contribution is 0.102. The molecule has 0 aliphatic carbocycles. The molecule has 0 bridgehead atoms. The number of rotatable bonds is 3. The molecule has 6 heteroatoms. The molecule has 0 saturated carbocycles.